The van der Waals surface area contributed by atoms with E-state index in [1.165, 1.54) is 6.08 Å². The quantitative estimate of drug-likeness (QED) is 0.490. The van der Waals surface area contributed by atoms with Gasteiger partial charge < -0.3 is 24.8 Å². The zero-order chi connectivity index (χ0) is 26.6. The number of aliphatic carboxylic acids is 1. The van der Waals surface area contributed by atoms with Gasteiger partial charge in [0.25, 0.3) is 0 Å². The third-order valence-corrected chi connectivity index (χ3v) is 5.05. The Morgan fingerprint density at radius 1 is 0.972 bits per heavy atom. The molecule has 1 aliphatic heterocycles. The fourth-order valence-electron chi connectivity index (χ4n) is 3.17. The molecule has 0 saturated heterocycles. The monoisotopic (exact) mass is 502 g/mol. The maximum Gasteiger partial charge on any atom is 0.331 e. The van der Waals surface area contributed by atoms with Crippen molar-refractivity contribution in [2.45, 2.75) is 82.7 Å². The highest BCUT2D eigenvalue weighted by atomic mass is 16.5. The van der Waals surface area contributed by atoms with Crippen molar-refractivity contribution in [3.05, 3.63) is 72.9 Å². The normalized spacial score (nSPS) is 30.5. The maximum atomic E-state index is 11.9. The molecule has 1 aliphatic rings. The molecule has 8 heteroatoms. The molecule has 0 aromatic carbocycles. The number of carbonyl (C=O) groups is 3. The Labute approximate surface area is 213 Å². The Kier molecular flexibility index (Phi) is 16.3. The summed E-state index contributed by atoms with van der Waals surface area (Å²) in [5.41, 5.74) is 0. The van der Waals surface area contributed by atoms with Gasteiger partial charge in [0.1, 0.15) is 6.10 Å². The van der Waals surface area contributed by atoms with Crippen molar-refractivity contribution in [2.75, 3.05) is 0 Å². The van der Waals surface area contributed by atoms with Gasteiger partial charge in [-0.2, -0.15) is 0 Å². The first-order valence-electron chi connectivity index (χ1n) is 12.2. The molecule has 4 atom stereocenters. The van der Waals surface area contributed by atoms with Crippen molar-refractivity contribution in [3.8, 4) is 0 Å². The molecule has 3 N–H and O–H groups in total. The van der Waals surface area contributed by atoms with Crippen molar-refractivity contribution < 1.29 is 39.2 Å². The van der Waals surface area contributed by atoms with Gasteiger partial charge >= 0.3 is 17.9 Å². The first-order valence-corrected chi connectivity index (χ1v) is 12.2. The number of hydrogen-bond donors (Lipinski definition) is 3. The predicted octanol–water partition coefficient (Wildman–Crippen LogP) is 4.11. The van der Waals surface area contributed by atoms with Crippen LogP contribution in [-0.4, -0.2) is 57.6 Å². The van der Waals surface area contributed by atoms with Gasteiger partial charge in [-0.15, -0.1) is 0 Å². The van der Waals surface area contributed by atoms with Crippen LogP contribution in [0.25, 0.3) is 0 Å². The van der Waals surface area contributed by atoms with Crippen LogP contribution in [0.4, 0.5) is 0 Å². The molecular formula is C28H38O8. The summed E-state index contributed by atoms with van der Waals surface area (Å²) in [7, 11) is 0. The third-order valence-electron chi connectivity index (χ3n) is 5.05. The minimum absolute atomic E-state index is 0.198. The molecule has 198 valence electrons. The predicted molar refractivity (Wildman–Crippen MR) is 137 cm³/mol. The van der Waals surface area contributed by atoms with Crippen molar-refractivity contribution in [1.82, 2.24) is 0 Å². The van der Waals surface area contributed by atoms with Crippen LogP contribution in [0.5, 0.6) is 0 Å². The summed E-state index contributed by atoms with van der Waals surface area (Å²) < 4.78 is 10.7. The highest BCUT2D eigenvalue weighted by Crippen LogP contribution is 2.09. The topological polar surface area (TPSA) is 130 Å². The second kappa shape index (κ2) is 19.0. The lowest BCUT2D eigenvalue weighted by Gasteiger charge is -2.12. The molecule has 0 spiro atoms. The van der Waals surface area contributed by atoms with E-state index in [2.05, 4.69) is 0 Å². The lowest BCUT2D eigenvalue weighted by Crippen LogP contribution is -2.16. The molecule has 0 aromatic rings. The van der Waals surface area contributed by atoms with Crippen molar-refractivity contribution >= 4 is 17.9 Å². The molecule has 0 bridgehead atoms. The van der Waals surface area contributed by atoms with Crippen LogP contribution < -0.4 is 0 Å². The Bertz CT molecular complexity index is 850. The van der Waals surface area contributed by atoms with Crippen molar-refractivity contribution in [3.63, 3.8) is 0 Å². The van der Waals surface area contributed by atoms with Gasteiger partial charge in [-0.3, -0.25) is 9.59 Å². The van der Waals surface area contributed by atoms with Crippen molar-refractivity contribution in [1.29, 1.82) is 0 Å². The molecule has 0 saturated carbocycles. The highest BCUT2D eigenvalue weighted by molar-refractivity contribution is 5.82. The lowest BCUT2D eigenvalue weighted by molar-refractivity contribution is -0.150. The lowest BCUT2D eigenvalue weighted by atomic mass is 10.1. The molecular weight excluding hydrogens is 464 g/mol. The van der Waals surface area contributed by atoms with E-state index in [-0.39, 0.29) is 25.4 Å². The molecule has 36 heavy (non-hydrogen) atoms. The zero-order valence-electron chi connectivity index (χ0n) is 20.8. The molecule has 0 unspecified atom stereocenters. The van der Waals surface area contributed by atoms with E-state index < -0.39 is 36.2 Å². The average molecular weight is 503 g/mol. The van der Waals surface area contributed by atoms with Gasteiger partial charge in [0.2, 0.25) is 0 Å². The number of carboxylic acid groups (broad SMARTS) is 1. The van der Waals surface area contributed by atoms with Gasteiger partial charge in [0, 0.05) is 18.9 Å². The van der Waals surface area contributed by atoms with Gasteiger partial charge in [-0.1, -0.05) is 60.8 Å². The van der Waals surface area contributed by atoms with Crippen LogP contribution in [-0.2, 0) is 23.9 Å². The van der Waals surface area contributed by atoms with E-state index >= 15 is 0 Å². The second-order valence-electron chi connectivity index (χ2n) is 8.44. The zero-order valence-corrected chi connectivity index (χ0v) is 20.8. The van der Waals surface area contributed by atoms with E-state index in [0.717, 1.165) is 12.8 Å². The Balaban J connectivity index is 2.86. The van der Waals surface area contributed by atoms with Crippen LogP contribution in [0.2, 0.25) is 0 Å². The summed E-state index contributed by atoms with van der Waals surface area (Å²) in [5, 5.41) is 28.9. The number of esters is 2. The van der Waals surface area contributed by atoms with Crippen LogP contribution in [0.3, 0.4) is 0 Å². The molecule has 0 aromatic heterocycles. The van der Waals surface area contributed by atoms with Crippen LogP contribution in [0.1, 0.15) is 58.3 Å². The number of hydrogen-bond acceptors (Lipinski definition) is 7. The van der Waals surface area contributed by atoms with Crippen LogP contribution >= 0.6 is 0 Å². The fourth-order valence-corrected chi connectivity index (χ4v) is 3.17. The summed E-state index contributed by atoms with van der Waals surface area (Å²) in [5.74, 6) is -2.16. The highest BCUT2D eigenvalue weighted by Gasteiger charge is 2.12. The Morgan fingerprint density at radius 2 is 1.67 bits per heavy atom. The third kappa shape index (κ3) is 17.2. The van der Waals surface area contributed by atoms with E-state index in [9.17, 15) is 24.6 Å². The van der Waals surface area contributed by atoms with Gasteiger partial charge in [0.05, 0.1) is 31.2 Å². The van der Waals surface area contributed by atoms with Crippen LogP contribution in [0.15, 0.2) is 72.9 Å². The number of aliphatic hydroxyl groups is 2. The first kappa shape index (κ1) is 30.8. The smallest absolute Gasteiger partial charge is 0.331 e. The second-order valence-corrected chi connectivity index (χ2v) is 8.44. The minimum atomic E-state index is -1.08. The van der Waals surface area contributed by atoms with Gasteiger partial charge in [-0.05, 0) is 38.7 Å². The van der Waals surface area contributed by atoms with E-state index in [1.807, 2.05) is 19.1 Å². The van der Waals surface area contributed by atoms with E-state index in [4.69, 9.17) is 14.6 Å². The van der Waals surface area contributed by atoms with E-state index in [0.29, 0.717) is 19.3 Å². The Morgan fingerprint density at radius 3 is 2.44 bits per heavy atom. The number of aliphatic hydroxyl groups excluding tert-OH is 2. The molecule has 1 rings (SSSR count). The minimum Gasteiger partial charge on any atom is -0.481 e. The fraction of sp³-hybridized carbons (Fsp3) is 0.464. The van der Waals surface area contributed by atoms with Gasteiger partial charge in [-0.25, -0.2) is 4.79 Å². The number of carbonyl (C=O) groups excluding carboxylic acids is 2. The summed E-state index contributed by atoms with van der Waals surface area (Å²) in [6, 6.07) is 0. The standard InChI is InChI=1S/C28H38O8/c1-22-13-7-3-2-4-8-14-23(29)21-24(30)15-9-5-10-16-25(36-28(34)20-19-26(31)32)17-11-6-12-18-27(33)35-22/h2,4-6,8-12,14,16,18,22-25,29-30H,3,7,13,15,17,19-21H2,1H3,(H,31,32)/b4-2+,9-5-,11-6+,14-8+,16-10+,18-12+/t22-,23-,24-,25+/m0/s1. The average Bonchev–Trinajstić information content (AvgIpc) is 2.80. The van der Waals surface area contributed by atoms with Gasteiger partial charge in [0.15, 0.2) is 0 Å². The molecule has 0 aliphatic carbocycles. The Hall–Kier alpha value is -3.23. The summed E-state index contributed by atoms with van der Waals surface area (Å²) >= 11 is 0. The summed E-state index contributed by atoms with van der Waals surface area (Å²) in [4.78, 5) is 34.6. The summed E-state index contributed by atoms with van der Waals surface area (Å²) in [6.07, 6.45) is 20.5. The molecule has 8 nitrogen and oxygen atoms in total. The SMILES string of the molecule is C[C@H]1CCC/C=C/C=C/[C@H](O)C[C@@H](O)C/C=C\C=C\[C@@H](OC(=O)CCC(=O)O)C/C=C/C=C/C(=O)O1. The first-order chi connectivity index (χ1) is 17.3. The molecule has 0 fully saturated rings. The molecule has 0 radical (unpaired) electrons. The largest absolute Gasteiger partial charge is 0.481 e. The van der Waals surface area contributed by atoms with Crippen molar-refractivity contribution in [2.24, 2.45) is 0 Å². The molecule has 0 amide bonds. The van der Waals surface area contributed by atoms with Crippen LogP contribution in [0, 0.1) is 0 Å². The van der Waals surface area contributed by atoms with E-state index in [1.54, 1.807) is 54.7 Å². The number of carboxylic acids is 1. The maximum absolute atomic E-state index is 11.9. The molecule has 1 heterocycles. The number of rotatable bonds is 4. The summed E-state index contributed by atoms with van der Waals surface area (Å²) in [6.45, 7) is 1.83. The number of allylic oxidation sites excluding steroid dienone is 7. The number of ether oxygens (including phenoxy) is 2. The number of cyclic esters (lactones) is 1.